The first kappa shape index (κ1) is 16.1. The van der Waals surface area contributed by atoms with Gasteiger partial charge in [0, 0.05) is 26.2 Å². The van der Waals surface area contributed by atoms with Crippen LogP contribution in [0.1, 0.15) is 32.8 Å². The Labute approximate surface area is 116 Å². The summed E-state index contributed by atoms with van der Waals surface area (Å²) in [6.07, 6.45) is 0.812. The van der Waals surface area contributed by atoms with E-state index in [2.05, 4.69) is 19.2 Å². The van der Waals surface area contributed by atoms with E-state index in [4.69, 9.17) is 0 Å². The van der Waals surface area contributed by atoms with Crippen molar-refractivity contribution < 1.29 is 8.42 Å². The van der Waals surface area contributed by atoms with Gasteiger partial charge < -0.3 is 5.32 Å². The van der Waals surface area contributed by atoms with Gasteiger partial charge in [-0.15, -0.1) is 0 Å². The Morgan fingerprint density at radius 3 is 2.26 bits per heavy atom. The van der Waals surface area contributed by atoms with Crippen LogP contribution >= 0.6 is 0 Å². The van der Waals surface area contributed by atoms with E-state index in [0.29, 0.717) is 17.5 Å². The Kier molecular flexibility index (Phi) is 5.97. The average Bonchev–Trinajstić information content (AvgIpc) is 2.37. The predicted molar refractivity (Wildman–Crippen MR) is 78.5 cm³/mol. The molecule has 0 saturated heterocycles. The van der Waals surface area contributed by atoms with Crippen molar-refractivity contribution in [2.45, 2.75) is 44.7 Å². The standard InChI is InChI=1S/C14H24N2O2S/c1-5-10-16(4)19(17,18)14-8-6-13(7-9-14)11-15-12(2)3/h6-9,12,15H,5,10-11H2,1-4H3. The molecule has 0 spiro atoms. The van der Waals surface area contributed by atoms with Crippen LogP contribution in [-0.4, -0.2) is 32.4 Å². The molecule has 0 saturated carbocycles. The molecule has 0 heterocycles. The van der Waals surface area contributed by atoms with Gasteiger partial charge in [0.15, 0.2) is 0 Å². The molecule has 1 N–H and O–H groups in total. The minimum Gasteiger partial charge on any atom is -0.310 e. The largest absolute Gasteiger partial charge is 0.310 e. The monoisotopic (exact) mass is 284 g/mol. The molecule has 1 rings (SSSR count). The molecule has 4 nitrogen and oxygen atoms in total. The zero-order valence-electron chi connectivity index (χ0n) is 12.2. The second kappa shape index (κ2) is 7.03. The van der Waals surface area contributed by atoms with Gasteiger partial charge in [-0.1, -0.05) is 32.9 Å². The summed E-state index contributed by atoms with van der Waals surface area (Å²) in [7, 11) is -1.72. The Hall–Kier alpha value is -0.910. The maximum Gasteiger partial charge on any atom is 0.242 e. The average molecular weight is 284 g/mol. The SMILES string of the molecule is CCCN(C)S(=O)(=O)c1ccc(CNC(C)C)cc1. The summed E-state index contributed by atoms with van der Waals surface area (Å²) in [6.45, 7) is 7.42. The molecule has 0 atom stereocenters. The molecular weight excluding hydrogens is 260 g/mol. The molecule has 0 unspecified atom stereocenters. The first-order chi connectivity index (χ1) is 8.87. The van der Waals surface area contributed by atoms with Crippen LogP contribution in [0.5, 0.6) is 0 Å². The molecule has 0 amide bonds. The number of hydrogen-bond acceptors (Lipinski definition) is 3. The van der Waals surface area contributed by atoms with Crippen molar-refractivity contribution in [1.29, 1.82) is 0 Å². The Morgan fingerprint density at radius 2 is 1.79 bits per heavy atom. The zero-order chi connectivity index (χ0) is 14.5. The topological polar surface area (TPSA) is 49.4 Å². The van der Waals surface area contributed by atoms with E-state index >= 15 is 0 Å². The lowest BCUT2D eigenvalue weighted by atomic mass is 10.2. The summed E-state index contributed by atoms with van der Waals surface area (Å²) in [6, 6.07) is 7.50. The molecule has 19 heavy (non-hydrogen) atoms. The quantitative estimate of drug-likeness (QED) is 0.835. The summed E-state index contributed by atoms with van der Waals surface area (Å²) >= 11 is 0. The van der Waals surface area contributed by atoms with Gasteiger partial charge >= 0.3 is 0 Å². The van der Waals surface area contributed by atoms with Gasteiger partial charge in [0.25, 0.3) is 0 Å². The maximum absolute atomic E-state index is 12.2. The highest BCUT2D eigenvalue weighted by atomic mass is 32.2. The third-order valence-electron chi connectivity index (χ3n) is 2.88. The van der Waals surface area contributed by atoms with Gasteiger partial charge in [-0.2, -0.15) is 0 Å². The van der Waals surface area contributed by atoms with Crippen LogP contribution in [0.15, 0.2) is 29.2 Å². The number of hydrogen-bond donors (Lipinski definition) is 1. The van der Waals surface area contributed by atoms with Gasteiger partial charge in [-0.25, -0.2) is 12.7 Å². The molecule has 1 aromatic rings. The molecule has 108 valence electrons. The summed E-state index contributed by atoms with van der Waals surface area (Å²) in [5.41, 5.74) is 1.09. The molecule has 0 fully saturated rings. The molecule has 0 radical (unpaired) electrons. The molecule has 0 aliphatic heterocycles. The number of sulfonamides is 1. The van der Waals surface area contributed by atoms with Crippen LogP contribution in [0, 0.1) is 0 Å². The van der Waals surface area contributed by atoms with Crippen LogP contribution in [0.25, 0.3) is 0 Å². The van der Waals surface area contributed by atoms with Crippen LogP contribution in [-0.2, 0) is 16.6 Å². The lowest BCUT2D eigenvalue weighted by Gasteiger charge is -2.16. The van der Waals surface area contributed by atoms with E-state index in [1.807, 2.05) is 19.1 Å². The fourth-order valence-corrected chi connectivity index (χ4v) is 2.98. The molecule has 1 aromatic carbocycles. The van der Waals surface area contributed by atoms with Crippen LogP contribution < -0.4 is 5.32 Å². The first-order valence-corrected chi connectivity index (χ1v) is 8.10. The summed E-state index contributed by atoms with van der Waals surface area (Å²) < 4.78 is 25.8. The van der Waals surface area contributed by atoms with E-state index in [1.165, 1.54) is 4.31 Å². The highest BCUT2D eigenvalue weighted by Crippen LogP contribution is 2.15. The third-order valence-corrected chi connectivity index (χ3v) is 4.76. The summed E-state index contributed by atoms with van der Waals surface area (Å²) in [4.78, 5) is 0.358. The molecular formula is C14H24N2O2S. The molecule has 0 aromatic heterocycles. The van der Waals surface area contributed by atoms with Crippen molar-refractivity contribution in [2.24, 2.45) is 0 Å². The van der Waals surface area contributed by atoms with Gasteiger partial charge in [0.2, 0.25) is 10.0 Å². The maximum atomic E-state index is 12.2. The Balaban J connectivity index is 2.80. The second-order valence-corrected chi connectivity index (χ2v) is 7.05. The second-order valence-electron chi connectivity index (χ2n) is 5.01. The number of nitrogens with zero attached hydrogens (tertiary/aromatic N) is 1. The highest BCUT2D eigenvalue weighted by molar-refractivity contribution is 7.89. The van der Waals surface area contributed by atoms with Crippen molar-refractivity contribution in [3.63, 3.8) is 0 Å². The minimum atomic E-state index is -3.34. The van der Waals surface area contributed by atoms with E-state index in [9.17, 15) is 8.42 Å². The normalized spacial score (nSPS) is 12.3. The predicted octanol–water partition coefficient (Wildman–Crippen LogP) is 2.22. The lowest BCUT2D eigenvalue weighted by Crippen LogP contribution is -2.27. The molecule has 0 bridgehead atoms. The number of benzene rings is 1. The van der Waals surface area contributed by atoms with Crippen molar-refractivity contribution >= 4 is 10.0 Å². The van der Waals surface area contributed by atoms with E-state index in [0.717, 1.165) is 18.5 Å². The van der Waals surface area contributed by atoms with Crippen molar-refractivity contribution in [1.82, 2.24) is 9.62 Å². The Morgan fingerprint density at radius 1 is 1.21 bits per heavy atom. The van der Waals surface area contributed by atoms with Crippen molar-refractivity contribution in [3.8, 4) is 0 Å². The van der Waals surface area contributed by atoms with Crippen LogP contribution in [0.2, 0.25) is 0 Å². The molecule has 0 aliphatic rings. The van der Waals surface area contributed by atoms with Crippen LogP contribution in [0.4, 0.5) is 0 Å². The summed E-state index contributed by atoms with van der Waals surface area (Å²) in [5.74, 6) is 0. The smallest absolute Gasteiger partial charge is 0.242 e. The molecule has 5 heteroatoms. The van der Waals surface area contributed by atoms with Crippen LogP contribution in [0.3, 0.4) is 0 Å². The molecule has 0 aliphatic carbocycles. The van der Waals surface area contributed by atoms with Crippen molar-refractivity contribution in [3.05, 3.63) is 29.8 Å². The lowest BCUT2D eigenvalue weighted by molar-refractivity contribution is 0.468. The summed E-state index contributed by atoms with van der Waals surface area (Å²) in [5, 5.41) is 3.30. The van der Waals surface area contributed by atoms with E-state index in [-0.39, 0.29) is 0 Å². The fourth-order valence-electron chi connectivity index (χ4n) is 1.72. The zero-order valence-corrected chi connectivity index (χ0v) is 13.0. The van der Waals surface area contributed by atoms with Crippen molar-refractivity contribution in [2.75, 3.05) is 13.6 Å². The number of nitrogens with one attached hydrogen (secondary N) is 1. The fraction of sp³-hybridized carbons (Fsp3) is 0.571. The van der Waals surface area contributed by atoms with Gasteiger partial charge in [-0.3, -0.25) is 0 Å². The van der Waals surface area contributed by atoms with E-state index in [1.54, 1.807) is 19.2 Å². The third kappa shape index (κ3) is 4.60. The van der Waals surface area contributed by atoms with Gasteiger partial charge in [-0.05, 0) is 24.1 Å². The van der Waals surface area contributed by atoms with E-state index < -0.39 is 10.0 Å². The van der Waals surface area contributed by atoms with Gasteiger partial charge in [0.05, 0.1) is 4.90 Å². The van der Waals surface area contributed by atoms with Gasteiger partial charge in [0.1, 0.15) is 0 Å². The Bertz CT molecular complexity index is 481. The first-order valence-electron chi connectivity index (χ1n) is 6.66. The number of rotatable bonds is 7. The minimum absolute atomic E-state index is 0.358. The highest BCUT2D eigenvalue weighted by Gasteiger charge is 2.19.